The molecule has 3 aliphatic heterocycles. The summed E-state index contributed by atoms with van der Waals surface area (Å²) in [6.07, 6.45) is 4.19. The van der Waals surface area contributed by atoms with Gasteiger partial charge in [0.15, 0.2) is 0 Å². The molecule has 0 bridgehead atoms. The molecule has 2 saturated heterocycles. The van der Waals surface area contributed by atoms with Gasteiger partial charge in [-0.2, -0.15) is 0 Å². The number of nitrogens with one attached hydrogen (secondary N) is 1. The number of morpholine rings is 1. The van der Waals surface area contributed by atoms with Crippen molar-refractivity contribution in [2.75, 3.05) is 57.4 Å². The molecular weight excluding hydrogens is 418 g/mol. The highest BCUT2D eigenvalue weighted by Gasteiger charge is 2.41. The smallest absolute Gasteiger partial charge is 0.236 e. The van der Waals surface area contributed by atoms with Gasteiger partial charge in [0, 0.05) is 57.3 Å². The zero-order valence-electron chi connectivity index (χ0n) is 18.9. The number of piperazine rings is 1. The number of ether oxygens (including phenoxy) is 1. The van der Waals surface area contributed by atoms with Crippen LogP contribution in [0.3, 0.4) is 0 Å². The second-order valence-corrected chi connectivity index (χ2v) is 9.00. The number of pyridine rings is 1. The minimum atomic E-state index is -0.164. The van der Waals surface area contributed by atoms with E-state index in [-0.39, 0.29) is 23.8 Å². The van der Waals surface area contributed by atoms with Gasteiger partial charge in [0.1, 0.15) is 0 Å². The number of hydrogen-bond donors (Lipinski definition) is 1. The summed E-state index contributed by atoms with van der Waals surface area (Å²) >= 11 is 0. The first-order valence-electron chi connectivity index (χ1n) is 11.8. The van der Waals surface area contributed by atoms with Crippen molar-refractivity contribution in [1.29, 1.82) is 0 Å². The number of amides is 2. The number of anilines is 1. The number of carbonyl (C=O) groups excluding carboxylic acids is 2. The Kier molecular flexibility index (Phi) is 6.55. The number of fused-ring (bicyclic) bond motifs is 3. The second kappa shape index (κ2) is 9.89. The Hall–Kier alpha value is -2.97. The van der Waals surface area contributed by atoms with E-state index < -0.39 is 0 Å². The van der Waals surface area contributed by atoms with E-state index in [9.17, 15) is 9.59 Å². The third-order valence-corrected chi connectivity index (χ3v) is 6.98. The molecular formula is C25H31N5O3. The summed E-state index contributed by atoms with van der Waals surface area (Å²) in [6, 6.07) is 12.3. The molecule has 8 nitrogen and oxygen atoms in total. The molecule has 0 spiro atoms. The van der Waals surface area contributed by atoms with Crippen molar-refractivity contribution in [2.24, 2.45) is 5.92 Å². The molecule has 2 amide bonds. The van der Waals surface area contributed by atoms with Crippen LogP contribution in [-0.4, -0.2) is 85.1 Å². The van der Waals surface area contributed by atoms with E-state index in [1.165, 1.54) is 11.3 Å². The van der Waals surface area contributed by atoms with Crippen LogP contribution in [0, 0.1) is 5.92 Å². The Bertz CT molecular complexity index is 979. The lowest BCUT2D eigenvalue weighted by Gasteiger charge is -2.49. The number of benzene rings is 1. The number of hydrogen-bond acceptors (Lipinski definition) is 6. The van der Waals surface area contributed by atoms with Crippen LogP contribution in [0.2, 0.25) is 0 Å². The lowest BCUT2D eigenvalue weighted by atomic mass is 9.83. The monoisotopic (exact) mass is 449 g/mol. The average molecular weight is 450 g/mol. The molecule has 0 saturated carbocycles. The Labute approximate surface area is 194 Å². The molecule has 1 aromatic heterocycles. The van der Waals surface area contributed by atoms with E-state index in [0.717, 1.165) is 18.7 Å². The number of rotatable bonds is 5. The number of para-hydroxylation sites is 1. The molecule has 8 heteroatoms. The first kappa shape index (κ1) is 21.9. The molecule has 0 aliphatic carbocycles. The van der Waals surface area contributed by atoms with Crippen LogP contribution in [-0.2, 0) is 27.3 Å². The molecule has 1 aromatic carbocycles. The highest BCUT2D eigenvalue weighted by molar-refractivity contribution is 5.82. The van der Waals surface area contributed by atoms with Gasteiger partial charge in [-0.15, -0.1) is 0 Å². The molecule has 33 heavy (non-hydrogen) atoms. The fourth-order valence-corrected chi connectivity index (χ4v) is 5.19. The largest absolute Gasteiger partial charge is 0.378 e. The molecule has 0 radical (unpaired) electrons. The highest BCUT2D eigenvalue weighted by Crippen LogP contribution is 2.36. The maximum Gasteiger partial charge on any atom is 0.236 e. The van der Waals surface area contributed by atoms with Crippen molar-refractivity contribution >= 4 is 17.5 Å². The van der Waals surface area contributed by atoms with Crippen LogP contribution in [0.5, 0.6) is 0 Å². The van der Waals surface area contributed by atoms with Crippen molar-refractivity contribution in [3.63, 3.8) is 0 Å². The number of carbonyl (C=O) groups is 2. The van der Waals surface area contributed by atoms with Crippen molar-refractivity contribution in [3.05, 3.63) is 59.9 Å². The predicted molar refractivity (Wildman–Crippen MR) is 125 cm³/mol. The molecule has 4 heterocycles. The summed E-state index contributed by atoms with van der Waals surface area (Å²) in [5, 5.41) is 3.14. The Morgan fingerprint density at radius 2 is 1.82 bits per heavy atom. The quantitative estimate of drug-likeness (QED) is 0.732. The fraction of sp³-hybridized carbons (Fsp3) is 0.480. The molecule has 2 aromatic rings. The molecule has 5 rings (SSSR count). The van der Waals surface area contributed by atoms with E-state index in [0.29, 0.717) is 52.4 Å². The highest BCUT2D eigenvalue weighted by atomic mass is 16.5. The van der Waals surface area contributed by atoms with Gasteiger partial charge in [-0.1, -0.05) is 18.2 Å². The first-order chi connectivity index (χ1) is 16.2. The summed E-state index contributed by atoms with van der Waals surface area (Å²) in [5.74, 6) is 0.0577. The Morgan fingerprint density at radius 1 is 1.03 bits per heavy atom. The van der Waals surface area contributed by atoms with Crippen molar-refractivity contribution in [3.8, 4) is 0 Å². The van der Waals surface area contributed by atoms with Gasteiger partial charge in [-0.25, -0.2) is 0 Å². The van der Waals surface area contributed by atoms with E-state index in [1.807, 2.05) is 23.1 Å². The summed E-state index contributed by atoms with van der Waals surface area (Å²) < 4.78 is 5.38. The predicted octanol–water partition coefficient (Wildman–Crippen LogP) is 0.920. The van der Waals surface area contributed by atoms with E-state index in [1.54, 1.807) is 12.4 Å². The van der Waals surface area contributed by atoms with Gasteiger partial charge in [0.2, 0.25) is 11.8 Å². The zero-order valence-corrected chi connectivity index (χ0v) is 18.9. The van der Waals surface area contributed by atoms with Gasteiger partial charge in [0.05, 0.1) is 31.7 Å². The van der Waals surface area contributed by atoms with Crippen LogP contribution >= 0.6 is 0 Å². The van der Waals surface area contributed by atoms with Crippen molar-refractivity contribution in [1.82, 2.24) is 20.1 Å². The minimum Gasteiger partial charge on any atom is -0.378 e. The summed E-state index contributed by atoms with van der Waals surface area (Å²) in [6.45, 7) is 5.77. The van der Waals surface area contributed by atoms with E-state index in [4.69, 9.17) is 4.74 Å². The van der Waals surface area contributed by atoms with Crippen LogP contribution in [0.25, 0.3) is 0 Å². The fourth-order valence-electron chi connectivity index (χ4n) is 5.19. The summed E-state index contributed by atoms with van der Waals surface area (Å²) in [5.41, 5.74) is 3.48. The molecule has 1 N–H and O–H groups in total. The topological polar surface area (TPSA) is 78.0 Å². The lowest BCUT2D eigenvalue weighted by Crippen LogP contribution is -2.62. The van der Waals surface area contributed by atoms with Crippen LogP contribution in [0.1, 0.15) is 11.1 Å². The first-order valence-corrected chi connectivity index (χ1v) is 11.8. The summed E-state index contributed by atoms with van der Waals surface area (Å²) in [4.78, 5) is 36.7. The second-order valence-electron chi connectivity index (χ2n) is 9.00. The maximum atomic E-state index is 13.4. The third-order valence-electron chi connectivity index (χ3n) is 6.98. The van der Waals surface area contributed by atoms with Crippen molar-refractivity contribution < 1.29 is 14.3 Å². The van der Waals surface area contributed by atoms with E-state index in [2.05, 4.69) is 38.3 Å². The van der Waals surface area contributed by atoms with Crippen LogP contribution < -0.4 is 10.2 Å². The molecule has 2 unspecified atom stereocenters. The molecule has 2 fully saturated rings. The third kappa shape index (κ3) is 4.86. The number of nitrogens with zero attached hydrogens (tertiary/aromatic N) is 4. The van der Waals surface area contributed by atoms with Crippen molar-refractivity contribution in [2.45, 2.75) is 19.0 Å². The lowest BCUT2D eigenvalue weighted by molar-refractivity contribution is -0.136. The zero-order chi connectivity index (χ0) is 22.6. The van der Waals surface area contributed by atoms with Crippen LogP contribution in [0.4, 0.5) is 5.69 Å². The standard InChI is InChI=1S/C25H31N5O3/c31-24(29-11-13-33-14-12-29)18-28-9-10-30-22-4-2-1-3-20(22)15-21(23(30)17-28)25(32)27-16-19-5-7-26-8-6-19/h1-8,21,23H,9-18H2,(H,27,32). The van der Waals surface area contributed by atoms with Gasteiger partial charge in [0.25, 0.3) is 0 Å². The van der Waals surface area contributed by atoms with Gasteiger partial charge in [-0.3, -0.25) is 19.5 Å². The van der Waals surface area contributed by atoms with Gasteiger partial charge in [-0.05, 0) is 35.7 Å². The Balaban J connectivity index is 1.30. The summed E-state index contributed by atoms with van der Waals surface area (Å²) in [7, 11) is 0. The van der Waals surface area contributed by atoms with Gasteiger partial charge >= 0.3 is 0 Å². The molecule has 174 valence electrons. The maximum absolute atomic E-state index is 13.4. The molecule has 3 aliphatic rings. The van der Waals surface area contributed by atoms with E-state index >= 15 is 0 Å². The average Bonchev–Trinajstić information content (AvgIpc) is 2.88. The normalized spacial score (nSPS) is 22.9. The molecule has 2 atom stereocenters. The number of aromatic nitrogens is 1. The Morgan fingerprint density at radius 3 is 2.64 bits per heavy atom. The minimum absolute atomic E-state index is 0.0450. The van der Waals surface area contributed by atoms with Gasteiger partial charge < -0.3 is 19.9 Å². The SMILES string of the molecule is O=C(NCc1ccncc1)C1Cc2ccccc2N2CCN(CC(=O)N3CCOCC3)CC12. The van der Waals surface area contributed by atoms with Crippen LogP contribution in [0.15, 0.2) is 48.8 Å².